The van der Waals surface area contributed by atoms with Gasteiger partial charge in [-0.15, -0.1) is 0 Å². The minimum atomic E-state index is -0.561. The highest BCUT2D eigenvalue weighted by Crippen LogP contribution is 2.08. The number of carbonyl (C=O) groups excluding carboxylic acids is 3. The van der Waals surface area contributed by atoms with Crippen molar-refractivity contribution in [3.8, 4) is 0 Å². The number of urea groups is 1. The van der Waals surface area contributed by atoms with Crippen molar-refractivity contribution in [1.82, 2.24) is 15.5 Å². The van der Waals surface area contributed by atoms with E-state index in [1.807, 2.05) is 6.92 Å². The van der Waals surface area contributed by atoms with E-state index in [0.29, 0.717) is 12.2 Å². The summed E-state index contributed by atoms with van der Waals surface area (Å²) in [6.07, 6.45) is 0.766. The van der Waals surface area contributed by atoms with Crippen LogP contribution in [-0.4, -0.2) is 49.4 Å². The van der Waals surface area contributed by atoms with E-state index in [-0.39, 0.29) is 19.0 Å². The molecule has 23 heavy (non-hydrogen) atoms. The van der Waals surface area contributed by atoms with Crippen molar-refractivity contribution in [1.29, 1.82) is 0 Å². The van der Waals surface area contributed by atoms with E-state index in [9.17, 15) is 18.8 Å². The maximum absolute atomic E-state index is 13.0. The molecular weight excluding hydrogens is 303 g/mol. The third-order valence-electron chi connectivity index (χ3n) is 2.72. The van der Waals surface area contributed by atoms with Crippen LogP contribution in [0, 0.1) is 5.82 Å². The fourth-order valence-electron chi connectivity index (χ4n) is 1.76. The number of hydrogen-bond donors (Lipinski definition) is 3. The monoisotopic (exact) mass is 324 g/mol. The molecule has 0 heterocycles. The summed E-state index contributed by atoms with van der Waals surface area (Å²) in [5.74, 6) is -1.35. The first-order valence-corrected chi connectivity index (χ1v) is 7.22. The molecule has 3 N–H and O–H groups in total. The van der Waals surface area contributed by atoms with Gasteiger partial charge in [0.2, 0.25) is 11.8 Å². The molecule has 1 aromatic carbocycles. The second-order valence-corrected chi connectivity index (χ2v) is 5.03. The molecule has 0 radical (unpaired) electrons. The van der Waals surface area contributed by atoms with E-state index < -0.39 is 17.8 Å². The van der Waals surface area contributed by atoms with Crippen LogP contribution < -0.4 is 16.0 Å². The normalized spacial score (nSPS) is 10.3. The summed E-state index contributed by atoms with van der Waals surface area (Å²) in [6.45, 7) is 2.19. The zero-order valence-electron chi connectivity index (χ0n) is 13.2. The molecule has 0 unspecified atom stereocenters. The largest absolute Gasteiger partial charge is 0.338 e. The van der Waals surface area contributed by atoms with Gasteiger partial charge in [-0.1, -0.05) is 13.0 Å². The molecule has 7 nitrogen and oxygen atoms in total. The second-order valence-electron chi connectivity index (χ2n) is 5.03. The summed E-state index contributed by atoms with van der Waals surface area (Å²) in [5.41, 5.74) is 0.340. The van der Waals surface area contributed by atoms with E-state index >= 15 is 0 Å². The van der Waals surface area contributed by atoms with Gasteiger partial charge in [-0.05, 0) is 31.7 Å². The van der Waals surface area contributed by atoms with Gasteiger partial charge in [0.05, 0.1) is 13.1 Å². The van der Waals surface area contributed by atoms with E-state index in [1.54, 1.807) is 13.1 Å². The highest BCUT2D eigenvalue weighted by Gasteiger charge is 2.13. The van der Waals surface area contributed by atoms with Crippen LogP contribution in [0.3, 0.4) is 0 Å². The molecule has 4 amide bonds. The summed E-state index contributed by atoms with van der Waals surface area (Å²) in [7, 11) is 1.56. The molecule has 1 rings (SSSR count). The number of amides is 4. The number of carbonyl (C=O) groups is 3. The first-order chi connectivity index (χ1) is 10.9. The average molecular weight is 324 g/mol. The van der Waals surface area contributed by atoms with Crippen LogP contribution in [0.2, 0.25) is 0 Å². The lowest BCUT2D eigenvalue weighted by molar-refractivity contribution is -0.122. The molecule has 0 saturated heterocycles. The number of likely N-dealkylation sites (N-methyl/N-ethyl adjacent to an activating group) is 1. The van der Waals surface area contributed by atoms with Gasteiger partial charge in [0, 0.05) is 12.2 Å². The van der Waals surface area contributed by atoms with Crippen molar-refractivity contribution < 1.29 is 18.8 Å². The van der Waals surface area contributed by atoms with Crippen molar-refractivity contribution in [3.63, 3.8) is 0 Å². The third-order valence-corrected chi connectivity index (χ3v) is 2.72. The standard InChI is InChI=1S/C15H21FN4O3/c1-3-7-17-15(23)19-14(22)10-20(2)9-13(21)18-12-6-4-5-11(16)8-12/h4-6,8H,3,7,9-10H2,1-2H3,(H,18,21)(H2,17,19,22,23). The molecule has 0 spiro atoms. The van der Waals surface area contributed by atoms with Crippen LogP contribution >= 0.6 is 0 Å². The molecule has 8 heteroatoms. The Kier molecular flexibility index (Phi) is 7.69. The molecule has 0 aliphatic carbocycles. The molecule has 126 valence electrons. The van der Waals surface area contributed by atoms with Crippen molar-refractivity contribution in [2.45, 2.75) is 13.3 Å². The molecule has 0 saturated carbocycles. The number of imide groups is 1. The van der Waals surface area contributed by atoms with Gasteiger partial charge >= 0.3 is 6.03 Å². The number of rotatable bonds is 7. The Morgan fingerprint density at radius 1 is 1.17 bits per heavy atom. The van der Waals surface area contributed by atoms with Gasteiger partial charge in [0.1, 0.15) is 5.82 Å². The average Bonchev–Trinajstić information content (AvgIpc) is 2.44. The number of benzene rings is 1. The summed E-state index contributed by atoms with van der Waals surface area (Å²) in [4.78, 5) is 36.2. The van der Waals surface area contributed by atoms with Gasteiger partial charge in [-0.2, -0.15) is 0 Å². The van der Waals surface area contributed by atoms with Crippen LogP contribution in [0.15, 0.2) is 24.3 Å². The topological polar surface area (TPSA) is 90.5 Å². The second kappa shape index (κ2) is 9.52. The predicted octanol–water partition coefficient (Wildman–Crippen LogP) is 0.932. The number of nitrogens with one attached hydrogen (secondary N) is 3. The lowest BCUT2D eigenvalue weighted by atomic mass is 10.3. The lowest BCUT2D eigenvalue weighted by Gasteiger charge is -2.15. The number of halogens is 1. The SMILES string of the molecule is CCCNC(=O)NC(=O)CN(C)CC(=O)Nc1cccc(F)c1. The highest BCUT2D eigenvalue weighted by molar-refractivity contribution is 5.96. The van der Waals surface area contributed by atoms with Gasteiger partial charge in [0.25, 0.3) is 0 Å². The van der Waals surface area contributed by atoms with E-state index in [1.165, 1.54) is 23.1 Å². The van der Waals surface area contributed by atoms with Gasteiger partial charge < -0.3 is 10.6 Å². The Hall–Kier alpha value is -2.48. The summed E-state index contributed by atoms with van der Waals surface area (Å²) in [6, 6.07) is 4.95. The maximum atomic E-state index is 13.0. The van der Waals surface area contributed by atoms with Crippen LogP contribution in [-0.2, 0) is 9.59 Å². The van der Waals surface area contributed by atoms with E-state index in [2.05, 4.69) is 16.0 Å². The third kappa shape index (κ3) is 7.91. The number of nitrogens with zero attached hydrogens (tertiary/aromatic N) is 1. The van der Waals surface area contributed by atoms with Crippen LogP contribution in [0.5, 0.6) is 0 Å². The Morgan fingerprint density at radius 2 is 1.87 bits per heavy atom. The molecule has 0 atom stereocenters. The van der Waals surface area contributed by atoms with Crippen LogP contribution in [0.1, 0.15) is 13.3 Å². The minimum absolute atomic E-state index is 0.0689. The zero-order valence-corrected chi connectivity index (χ0v) is 13.2. The van der Waals surface area contributed by atoms with Crippen LogP contribution in [0.25, 0.3) is 0 Å². The molecule has 0 bridgehead atoms. The minimum Gasteiger partial charge on any atom is -0.338 e. The summed E-state index contributed by atoms with van der Waals surface area (Å²) in [5, 5.41) is 7.20. The smallest absolute Gasteiger partial charge is 0.321 e. The first-order valence-electron chi connectivity index (χ1n) is 7.22. The Labute approximate surface area is 134 Å². The fraction of sp³-hybridized carbons (Fsp3) is 0.400. The van der Waals surface area contributed by atoms with Gasteiger partial charge in [0.15, 0.2) is 0 Å². The molecular formula is C15H21FN4O3. The van der Waals surface area contributed by atoms with Crippen LogP contribution in [0.4, 0.5) is 14.9 Å². The lowest BCUT2D eigenvalue weighted by Crippen LogP contribution is -2.45. The predicted molar refractivity (Wildman–Crippen MR) is 84.4 cm³/mol. The Bertz CT molecular complexity index is 565. The van der Waals surface area contributed by atoms with Crippen molar-refractivity contribution in [2.75, 3.05) is 32.0 Å². The zero-order chi connectivity index (χ0) is 17.2. The summed E-state index contributed by atoms with van der Waals surface area (Å²) >= 11 is 0. The quantitative estimate of drug-likeness (QED) is 0.696. The maximum Gasteiger partial charge on any atom is 0.321 e. The molecule has 1 aromatic rings. The van der Waals surface area contributed by atoms with Gasteiger partial charge in [-0.3, -0.25) is 19.8 Å². The van der Waals surface area contributed by atoms with Crippen molar-refractivity contribution in [2.24, 2.45) is 0 Å². The first kappa shape index (κ1) is 18.6. The Morgan fingerprint density at radius 3 is 2.52 bits per heavy atom. The number of hydrogen-bond acceptors (Lipinski definition) is 4. The number of anilines is 1. The highest BCUT2D eigenvalue weighted by atomic mass is 19.1. The van der Waals surface area contributed by atoms with E-state index in [4.69, 9.17) is 0 Å². The molecule has 0 aliphatic heterocycles. The fourth-order valence-corrected chi connectivity index (χ4v) is 1.76. The molecule has 0 fully saturated rings. The van der Waals surface area contributed by atoms with Gasteiger partial charge in [-0.25, -0.2) is 9.18 Å². The van der Waals surface area contributed by atoms with E-state index in [0.717, 1.165) is 6.42 Å². The van der Waals surface area contributed by atoms with Crippen molar-refractivity contribution >= 4 is 23.5 Å². The Balaban J connectivity index is 2.34. The summed E-state index contributed by atoms with van der Waals surface area (Å²) < 4.78 is 13.0. The van der Waals surface area contributed by atoms with Crippen molar-refractivity contribution in [3.05, 3.63) is 30.1 Å². The molecule has 0 aliphatic rings. The molecule has 0 aromatic heterocycles.